The highest BCUT2D eigenvalue weighted by Gasteiger charge is 2.29. The third-order valence-corrected chi connectivity index (χ3v) is 5.25. The molecule has 1 atom stereocenters. The number of carbonyl (C=O) groups is 1. The molecule has 30 heavy (non-hydrogen) atoms. The Labute approximate surface area is 173 Å². The summed E-state index contributed by atoms with van der Waals surface area (Å²) in [6.07, 6.45) is 2.02. The van der Waals surface area contributed by atoms with Gasteiger partial charge in [0, 0.05) is 34.0 Å². The summed E-state index contributed by atoms with van der Waals surface area (Å²) < 4.78 is 5.78. The van der Waals surface area contributed by atoms with E-state index in [0.29, 0.717) is 11.2 Å². The molecule has 0 fully saturated rings. The smallest absolute Gasteiger partial charge is 0.269 e. The molecule has 2 aromatic heterocycles. The number of aromatic nitrogens is 3. The number of nitrogens with zero attached hydrogens (tertiary/aromatic N) is 2. The van der Waals surface area contributed by atoms with Crippen molar-refractivity contribution in [3.63, 3.8) is 0 Å². The molecule has 0 bridgehead atoms. The van der Waals surface area contributed by atoms with Gasteiger partial charge in [0.2, 0.25) is 0 Å². The minimum Gasteiger partial charge on any atom is -0.491 e. The molecule has 1 aliphatic rings. The molecule has 7 nitrogen and oxygen atoms in total. The molecule has 1 aliphatic heterocycles. The summed E-state index contributed by atoms with van der Waals surface area (Å²) in [7, 11) is 0. The predicted molar refractivity (Wildman–Crippen MR) is 116 cm³/mol. The molecule has 0 saturated carbocycles. The lowest BCUT2D eigenvalue weighted by atomic mass is 9.95. The lowest BCUT2D eigenvalue weighted by molar-refractivity contribution is 0.0995. The Kier molecular flexibility index (Phi) is 4.17. The van der Waals surface area contributed by atoms with Gasteiger partial charge in [-0.3, -0.25) is 4.79 Å². The summed E-state index contributed by atoms with van der Waals surface area (Å²) in [5.74, 6) is 0.222. The molecule has 4 N–H and O–H groups in total. The molecular formula is C23H21N5O2. The first kappa shape index (κ1) is 18.2. The molecular weight excluding hydrogens is 378 g/mol. The molecule has 5 rings (SSSR count). The zero-order valence-electron chi connectivity index (χ0n) is 16.6. The minimum absolute atomic E-state index is 0.112. The molecule has 150 valence electrons. The number of para-hydroxylation sites is 1. The van der Waals surface area contributed by atoms with Crippen LogP contribution in [-0.2, 0) is 0 Å². The van der Waals surface area contributed by atoms with Crippen molar-refractivity contribution in [2.75, 3.05) is 5.32 Å². The maximum absolute atomic E-state index is 12.2. The summed E-state index contributed by atoms with van der Waals surface area (Å²) >= 11 is 0. The van der Waals surface area contributed by atoms with E-state index in [1.54, 1.807) is 0 Å². The van der Waals surface area contributed by atoms with Gasteiger partial charge in [-0.05, 0) is 37.6 Å². The van der Waals surface area contributed by atoms with Gasteiger partial charge < -0.3 is 20.8 Å². The molecule has 0 spiro atoms. The van der Waals surface area contributed by atoms with Crippen molar-refractivity contribution in [2.24, 2.45) is 5.73 Å². The largest absolute Gasteiger partial charge is 0.491 e. The average molecular weight is 399 g/mol. The predicted octanol–water partition coefficient (Wildman–Crippen LogP) is 4.03. The number of aromatic amines is 1. The Morgan fingerprint density at radius 2 is 1.87 bits per heavy atom. The van der Waals surface area contributed by atoms with Gasteiger partial charge in [-0.1, -0.05) is 30.3 Å². The van der Waals surface area contributed by atoms with Crippen molar-refractivity contribution in [1.82, 2.24) is 15.2 Å². The number of carbonyl (C=O) groups excluding carboxylic acids is 1. The van der Waals surface area contributed by atoms with E-state index in [0.717, 1.165) is 33.5 Å². The van der Waals surface area contributed by atoms with Crippen LogP contribution in [-0.4, -0.2) is 27.2 Å². The second-order valence-electron chi connectivity index (χ2n) is 7.61. The van der Waals surface area contributed by atoms with Crippen molar-refractivity contribution < 1.29 is 9.53 Å². The number of nitrogens with two attached hydrogens (primary N) is 1. The molecule has 3 heterocycles. The molecule has 0 saturated heterocycles. The van der Waals surface area contributed by atoms with Crippen molar-refractivity contribution in [3.8, 4) is 16.9 Å². The Morgan fingerprint density at radius 3 is 2.60 bits per heavy atom. The molecule has 0 radical (unpaired) electrons. The third kappa shape index (κ3) is 2.86. The number of anilines is 1. The fourth-order valence-corrected chi connectivity index (χ4v) is 4.03. The number of fused-ring (bicyclic) bond motifs is 2. The third-order valence-electron chi connectivity index (χ3n) is 5.25. The summed E-state index contributed by atoms with van der Waals surface area (Å²) in [6, 6.07) is 15.7. The van der Waals surface area contributed by atoms with Crippen LogP contribution < -0.4 is 15.8 Å². The zero-order valence-corrected chi connectivity index (χ0v) is 16.6. The fraction of sp³-hybridized carbons (Fsp3) is 0.174. The lowest BCUT2D eigenvalue weighted by Crippen LogP contribution is -2.15. The van der Waals surface area contributed by atoms with Crippen LogP contribution in [0.1, 0.15) is 41.5 Å². The van der Waals surface area contributed by atoms with Gasteiger partial charge in [0.15, 0.2) is 11.3 Å². The average Bonchev–Trinajstić information content (AvgIpc) is 3.09. The number of hydrogen-bond acceptors (Lipinski definition) is 5. The van der Waals surface area contributed by atoms with Gasteiger partial charge in [0.25, 0.3) is 5.91 Å². The van der Waals surface area contributed by atoms with E-state index in [1.807, 2.05) is 68.6 Å². The summed E-state index contributed by atoms with van der Waals surface area (Å²) in [5.41, 5.74) is 10.9. The van der Waals surface area contributed by atoms with Gasteiger partial charge >= 0.3 is 0 Å². The lowest BCUT2D eigenvalue weighted by Gasteiger charge is -2.20. The zero-order chi connectivity index (χ0) is 20.8. The van der Waals surface area contributed by atoms with Gasteiger partial charge in [0.1, 0.15) is 5.75 Å². The van der Waals surface area contributed by atoms with Crippen molar-refractivity contribution in [1.29, 1.82) is 0 Å². The van der Waals surface area contributed by atoms with E-state index >= 15 is 0 Å². The molecule has 2 aromatic carbocycles. The molecule has 4 aromatic rings. The SMILES string of the molecule is CC(C)Oc1ccc(C2Nc3ccccc3-c3c(C(N)=O)nnc4[nH]cc2c34)cc1. The standard InChI is InChI=1S/C23H21N5O2/c1-12(2)30-14-9-7-13(8-10-14)20-16-11-25-23-19(16)18(21(22(24)29)27-28-23)15-5-3-4-6-17(15)26-20/h3-12,20,26H,1-2H3,(H2,24,29)(H,25,28). The van der Waals surface area contributed by atoms with Crippen LogP contribution in [0.5, 0.6) is 5.75 Å². The first-order valence-electron chi connectivity index (χ1n) is 9.83. The number of ether oxygens (including phenoxy) is 1. The molecule has 0 aliphatic carbocycles. The van der Waals surface area contributed by atoms with Gasteiger partial charge in [-0.2, -0.15) is 0 Å². The molecule has 1 unspecified atom stereocenters. The number of primary amides is 1. The second-order valence-corrected chi connectivity index (χ2v) is 7.61. The Hall–Kier alpha value is -3.87. The van der Waals surface area contributed by atoms with Crippen LogP contribution in [0, 0.1) is 0 Å². The summed E-state index contributed by atoms with van der Waals surface area (Å²) in [4.78, 5) is 15.3. The Morgan fingerprint density at radius 1 is 1.10 bits per heavy atom. The highest BCUT2D eigenvalue weighted by Crippen LogP contribution is 2.44. The maximum Gasteiger partial charge on any atom is 0.269 e. The summed E-state index contributed by atoms with van der Waals surface area (Å²) in [6.45, 7) is 4.01. The highest BCUT2D eigenvalue weighted by molar-refractivity contribution is 6.10. The highest BCUT2D eigenvalue weighted by atomic mass is 16.5. The van der Waals surface area contributed by atoms with Crippen molar-refractivity contribution in [3.05, 3.63) is 71.5 Å². The minimum atomic E-state index is -0.602. The normalized spacial score (nSPS) is 14.8. The number of nitrogens with one attached hydrogen (secondary N) is 2. The quantitative estimate of drug-likeness (QED) is 0.480. The van der Waals surface area contributed by atoms with Crippen LogP contribution >= 0.6 is 0 Å². The van der Waals surface area contributed by atoms with E-state index in [2.05, 4.69) is 20.5 Å². The number of hydrogen-bond donors (Lipinski definition) is 3. The number of benzene rings is 2. The number of rotatable bonds is 4. The van der Waals surface area contributed by atoms with E-state index in [9.17, 15) is 4.79 Å². The van der Waals surface area contributed by atoms with E-state index in [-0.39, 0.29) is 17.8 Å². The number of H-pyrrole nitrogens is 1. The molecule has 7 heteroatoms. The van der Waals surface area contributed by atoms with Crippen LogP contribution in [0.4, 0.5) is 5.69 Å². The Balaban J connectivity index is 1.74. The van der Waals surface area contributed by atoms with Crippen molar-refractivity contribution >= 4 is 22.6 Å². The van der Waals surface area contributed by atoms with Crippen LogP contribution in [0.25, 0.3) is 22.2 Å². The van der Waals surface area contributed by atoms with Crippen LogP contribution in [0.15, 0.2) is 54.7 Å². The van der Waals surface area contributed by atoms with E-state index in [1.165, 1.54) is 0 Å². The molecule has 1 amide bonds. The van der Waals surface area contributed by atoms with E-state index in [4.69, 9.17) is 10.5 Å². The second kappa shape index (κ2) is 6.88. The van der Waals surface area contributed by atoms with E-state index < -0.39 is 5.91 Å². The van der Waals surface area contributed by atoms with Crippen LogP contribution in [0.3, 0.4) is 0 Å². The fourth-order valence-electron chi connectivity index (χ4n) is 4.03. The first-order chi connectivity index (χ1) is 14.5. The topological polar surface area (TPSA) is 106 Å². The Bertz CT molecular complexity index is 1260. The summed E-state index contributed by atoms with van der Waals surface area (Å²) in [5, 5.41) is 12.8. The first-order valence-corrected chi connectivity index (χ1v) is 9.83. The van der Waals surface area contributed by atoms with Gasteiger partial charge in [-0.25, -0.2) is 0 Å². The monoisotopic (exact) mass is 399 g/mol. The number of amides is 1. The van der Waals surface area contributed by atoms with Gasteiger partial charge in [-0.15, -0.1) is 10.2 Å². The van der Waals surface area contributed by atoms with Gasteiger partial charge in [0.05, 0.1) is 12.1 Å². The van der Waals surface area contributed by atoms with Crippen LogP contribution in [0.2, 0.25) is 0 Å². The maximum atomic E-state index is 12.2. The van der Waals surface area contributed by atoms with Crippen molar-refractivity contribution in [2.45, 2.75) is 26.0 Å².